The number of hydrogen-bond acceptors (Lipinski definition) is 1. The van der Waals surface area contributed by atoms with Crippen molar-refractivity contribution in [2.24, 2.45) is 0 Å². The number of ether oxygens (including phenoxy) is 1. The summed E-state index contributed by atoms with van der Waals surface area (Å²) in [5.41, 5.74) is 5.47. The molecule has 5 rings (SSSR count). The second-order valence-electron chi connectivity index (χ2n) is 8.78. The van der Waals surface area contributed by atoms with Crippen molar-refractivity contribution < 1.29 is 14.5 Å². The highest BCUT2D eigenvalue weighted by atomic mass is 16.5. The number of rotatable bonds is 6. The van der Waals surface area contributed by atoms with Crippen molar-refractivity contribution in [2.45, 2.75) is 26.6 Å². The van der Waals surface area contributed by atoms with Crippen LogP contribution in [0.1, 0.15) is 18.1 Å². The van der Waals surface area contributed by atoms with Gasteiger partial charge in [0.1, 0.15) is 45.0 Å². The van der Waals surface area contributed by atoms with Crippen LogP contribution < -0.4 is 14.5 Å². The molecule has 160 valence electrons. The standard InChI is InChI=1S/C27H31N3O/c1-3-30-25-10-6-5-9-23(25)24-18-21(12-13-26(24)30)19-28-14-16-29(17-15-28)20-22-8-4-7-11-27(22)31-2/h4-13,18H,3,14-17,19-20H2,1-2H3/p+2. The van der Waals surface area contributed by atoms with Crippen LogP contribution >= 0.6 is 0 Å². The van der Waals surface area contributed by atoms with Gasteiger partial charge in [-0.1, -0.05) is 36.4 Å². The minimum Gasteiger partial charge on any atom is -0.496 e. The number of nitrogens with zero attached hydrogens (tertiary/aromatic N) is 1. The topological polar surface area (TPSA) is 23.0 Å². The summed E-state index contributed by atoms with van der Waals surface area (Å²) in [5, 5.41) is 2.78. The molecular weight excluding hydrogens is 382 g/mol. The molecule has 1 aliphatic rings. The van der Waals surface area contributed by atoms with Crippen molar-refractivity contribution in [1.82, 2.24) is 4.57 Å². The fourth-order valence-corrected chi connectivity index (χ4v) is 5.27. The van der Waals surface area contributed by atoms with Crippen molar-refractivity contribution >= 4 is 21.8 Å². The Kier molecular flexibility index (Phi) is 5.66. The van der Waals surface area contributed by atoms with E-state index in [9.17, 15) is 0 Å². The van der Waals surface area contributed by atoms with E-state index in [1.165, 1.54) is 59.1 Å². The predicted molar refractivity (Wildman–Crippen MR) is 127 cm³/mol. The van der Waals surface area contributed by atoms with Crippen molar-refractivity contribution in [2.75, 3.05) is 33.3 Å². The molecule has 0 saturated carbocycles. The molecule has 1 fully saturated rings. The summed E-state index contributed by atoms with van der Waals surface area (Å²) in [4.78, 5) is 3.36. The van der Waals surface area contributed by atoms with Gasteiger partial charge < -0.3 is 19.1 Å². The molecule has 4 nitrogen and oxygen atoms in total. The normalized spacial score (nSPS) is 19.2. The average molecular weight is 416 g/mol. The molecule has 3 aromatic carbocycles. The van der Waals surface area contributed by atoms with Gasteiger partial charge in [-0.2, -0.15) is 0 Å². The zero-order valence-electron chi connectivity index (χ0n) is 18.7. The lowest BCUT2D eigenvalue weighted by Gasteiger charge is -2.30. The number of para-hydroxylation sites is 2. The smallest absolute Gasteiger partial charge is 0.127 e. The van der Waals surface area contributed by atoms with E-state index in [1.807, 2.05) is 0 Å². The van der Waals surface area contributed by atoms with Crippen molar-refractivity contribution in [3.8, 4) is 5.75 Å². The van der Waals surface area contributed by atoms with E-state index < -0.39 is 0 Å². The summed E-state index contributed by atoms with van der Waals surface area (Å²) in [6.07, 6.45) is 0. The molecule has 0 bridgehead atoms. The van der Waals surface area contributed by atoms with Gasteiger partial charge in [-0.15, -0.1) is 0 Å². The van der Waals surface area contributed by atoms with Gasteiger partial charge in [0.05, 0.1) is 7.11 Å². The maximum Gasteiger partial charge on any atom is 0.127 e. The van der Waals surface area contributed by atoms with Gasteiger partial charge in [0.2, 0.25) is 0 Å². The zero-order valence-corrected chi connectivity index (χ0v) is 18.7. The number of methoxy groups -OCH3 is 1. The first-order valence-electron chi connectivity index (χ1n) is 11.6. The van der Waals surface area contributed by atoms with Gasteiger partial charge in [0.15, 0.2) is 0 Å². The van der Waals surface area contributed by atoms with E-state index in [4.69, 9.17) is 4.74 Å². The molecule has 0 unspecified atom stereocenters. The van der Waals surface area contributed by atoms with E-state index in [1.54, 1.807) is 16.9 Å². The summed E-state index contributed by atoms with van der Waals surface area (Å²) in [5.74, 6) is 1.02. The molecular formula is C27H33N3O+2. The number of benzene rings is 3. The Morgan fingerprint density at radius 2 is 1.45 bits per heavy atom. The van der Waals surface area contributed by atoms with E-state index in [-0.39, 0.29) is 0 Å². The van der Waals surface area contributed by atoms with Crippen LogP contribution in [0.5, 0.6) is 5.75 Å². The molecule has 0 aliphatic carbocycles. The van der Waals surface area contributed by atoms with Crippen LogP contribution in [-0.4, -0.2) is 37.9 Å². The summed E-state index contributed by atoms with van der Waals surface area (Å²) in [6.45, 7) is 10.3. The highest BCUT2D eigenvalue weighted by Crippen LogP contribution is 2.29. The zero-order chi connectivity index (χ0) is 21.2. The fraction of sp³-hybridized carbons (Fsp3) is 0.333. The molecule has 1 saturated heterocycles. The monoisotopic (exact) mass is 415 g/mol. The average Bonchev–Trinajstić information content (AvgIpc) is 3.14. The van der Waals surface area contributed by atoms with Crippen LogP contribution in [0.4, 0.5) is 0 Å². The van der Waals surface area contributed by atoms with Gasteiger partial charge in [0, 0.05) is 39.5 Å². The third kappa shape index (κ3) is 3.93. The maximum atomic E-state index is 5.54. The molecule has 1 aliphatic heterocycles. The number of quaternary nitrogens is 2. The Hall–Kier alpha value is -2.82. The first-order valence-corrected chi connectivity index (χ1v) is 11.6. The lowest BCUT2D eigenvalue weighted by molar-refractivity contribution is -1.02. The van der Waals surface area contributed by atoms with E-state index >= 15 is 0 Å². The molecule has 0 spiro atoms. The summed E-state index contributed by atoms with van der Waals surface area (Å²) in [7, 11) is 1.77. The van der Waals surface area contributed by atoms with Crippen molar-refractivity contribution in [3.63, 3.8) is 0 Å². The first-order chi connectivity index (χ1) is 15.3. The van der Waals surface area contributed by atoms with Crippen LogP contribution in [-0.2, 0) is 19.6 Å². The number of hydrogen-bond donors (Lipinski definition) is 2. The third-order valence-corrected chi connectivity index (χ3v) is 6.90. The minimum absolute atomic E-state index is 1.01. The molecule has 2 heterocycles. The van der Waals surface area contributed by atoms with Crippen LogP contribution in [0.2, 0.25) is 0 Å². The van der Waals surface area contributed by atoms with Gasteiger partial charge in [0.25, 0.3) is 0 Å². The Labute approximate surface area is 184 Å². The predicted octanol–water partition coefficient (Wildman–Crippen LogP) is 2.31. The van der Waals surface area contributed by atoms with Crippen LogP contribution in [0.15, 0.2) is 66.7 Å². The Morgan fingerprint density at radius 1 is 0.774 bits per heavy atom. The van der Waals surface area contributed by atoms with Crippen LogP contribution in [0.25, 0.3) is 21.8 Å². The highest BCUT2D eigenvalue weighted by molar-refractivity contribution is 6.08. The largest absolute Gasteiger partial charge is 0.496 e. The van der Waals surface area contributed by atoms with E-state index in [0.717, 1.165) is 25.4 Å². The SMILES string of the molecule is CCn1c2ccccc2c2cc(C[NH+]3CC[NH+](Cc4ccccc4OC)CC3)ccc21. The maximum absolute atomic E-state index is 5.54. The van der Waals surface area contributed by atoms with Gasteiger partial charge in [-0.25, -0.2) is 0 Å². The molecule has 1 aromatic heterocycles. The summed E-state index contributed by atoms with van der Waals surface area (Å²) >= 11 is 0. The number of fused-ring (bicyclic) bond motifs is 3. The molecule has 0 amide bonds. The number of aryl methyl sites for hydroxylation is 1. The number of aromatic nitrogens is 1. The molecule has 4 aromatic rings. The van der Waals surface area contributed by atoms with E-state index in [0.29, 0.717) is 0 Å². The third-order valence-electron chi connectivity index (χ3n) is 6.90. The van der Waals surface area contributed by atoms with Crippen molar-refractivity contribution in [3.05, 3.63) is 77.9 Å². The lowest BCUT2D eigenvalue weighted by atomic mass is 10.1. The molecule has 31 heavy (non-hydrogen) atoms. The molecule has 0 atom stereocenters. The highest BCUT2D eigenvalue weighted by Gasteiger charge is 2.24. The fourth-order valence-electron chi connectivity index (χ4n) is 5.27. The second-order valence-corrected chi connectivity index (χ2v) is 8.78. The molecule has 2 N–H and O–H groups in total. The first kappa shape index (κ1) is 20.1. The van der Waals surface area contributed by atoms with Crippen molar-refractivity contribution in [1.29, 1.82) is 0 Å². The number of nitrogens with one attached hydrogen (secondary N) is 2. The Morgan fingerprint density at radius 3 is 2.23 bits per heavy atom. The molecule has 4 heteroatoms. The van der Waals surface area contributed by atoms with Gasteiger partial charge in [-0.05, 0) is 37.3 Å². The Balaban J connectivity index is 1.28. The van der Waals surface area contributed by atoms with E-state index in [2.05, 4.69) is 78.2 Å². The van der Waals surface area contributed by atoms with Crippen LogP contribution in [0.3, 0.4) is 0 Å². The Bertz CT molecular complexity index is 1190. The summed E-state index contributed by atoms with van der Waals surface area (Å²) in [6, 6.07) is 24.4. The number of piperazine rings is 1. The summed E-state index contributed by atoms with van der Waals surface area (Å²) < 4.78 is 7.97. The second kappa shape index (κ2) is 8.74. The quantitative estimate of drug-likeness (QED) is 0.496. The van der Waals surface area contributed by atoms with Gasteiger partial charge in [-0.3, -0.25) is 0 Å². The lowest BCUT2D eigenvalue weighted by Crippen LogP contribution is -3.27. The van der Waals surface area contributed by atoms with Gasteiger partial charge >= 0.3 is 0 Å². The van der Waals surface area contributed by atoms with Crippen LogP contribution in [0, 0.1) is 0 Å². The minimum atomic E-state index is 1.01. The molecule has 0 radical (unpaired) electrons.